The number of rotatable bonds is 8. The number of carbonyl (C=O) groups excluding carboxylic acids is 2. The molecule has 0 spiro atoms. The van der Waals surface area contributed by atoms with Crippen LogP contribution in [0.5, 0.6) is 5.75 Å². The fraction of sp³-hybridized carbons (Fsp3) is 0.324. The maximum atomic E-state index is 13.5. The average molecular weight is 582 g/mol. The van der Waals surface area contributed by atoms with Crippen molar-refractivity contribution < 1.29 is 19.4 Å². The first-order valence-electron chi connectivity index (χ1n) is 14.6. The molecule has 224 valence electrons. The van der Waals surface area contributed by atoms with Crippen LogP contribution in [0.25, 0.3) is 10.8 Å². The van der Waals surface area contributed by atoms with Crippen LogP contribution < -0.4 is 15.4 Å². The maximum absolute atomic E-state index is 13.5. The molecular formula is C34H39N5O4. The molecule has 4 aromatic rings. The van der Waals surface area contributed by atoms with Crippen molar-refractivity contribution in [2.45, 2.75) is 39.0 Å². The lowest BCUT2D eigenvalue weighted by Gasteiger charge is -2.34. The number of anilines is 2. The van der Waals surface area contributed by atoms with E-state index in [9.17, 15) is 14.7 Å². The predicted molar refractivity (Wildman–Crippen MR) is 169 cm³/mol. The molecule has 2 heterocycles. The second-order valence-electron chi connectivity index (χ2n) is 11.4. The number of nitrogens with one attached hydrogen (secondary N) is 2. The fourth-order valence-corrected chi connectivity index (χ4v) is 5.52. The Morgan fingerprint density at radius 3 is 2.65 bits per heavy atom. The summed E-state index contributed by atoms with van der Waals surface area (Å²) in [5.41, 5.74) is 3.09. The molecule has 5 rings (SSSR count). The highest BCUT2D eigenvalue weighted by molar-refractivity contribution is 6.06. The van der Waals surface area contributed by atoms with E-state index in [4.69, 9.17) is 4.74 Å². The minimum Gasteiger partial charge on any atom is -0.488 e. The summed E-state index contributed by atoms with van der Waals surface area (Å²) in [7, 11) is 2.05. The van der Waals surface area contributed by atoms with E-state index in [0.29, 0.717) is 35.8 Å². The van der Waals surface area contributed by atoms with Crippen molar-refractivity contribution in [3.63, 3.8) is 0 Å². The fourth-order valence-electron chi connectivity index (χ4n) is 5.52. The van der Waals surface area contributed by atoms with E-state index in [2.05, 4.69) is 27.4 Å². The van der Waals surface area contributed by atoms with Crippen molar-refractivity contribution in [2.24, 2.45) is 5.92 Å². The zero-order valence-electron chi connectivity index (χ0n) is 24.9. The largest absolute Gasteiger partial charge is 0.488 e. The van der Waals surface area contributed by atoms with Gasteiger partial charge in [0.05, 0.1) is 24.8 Å². The minimum absolute atomic E-state index is 0.00642. The third-order valence-corrected chi connectivity index (χ3v) is 7.91. The molecule has 9 nitrogen and oxygen atoms in total. The van der Waals surface area contributed by atoms with Crippen LogP contribution >= 0.6 is 0 Å². The van der Waals surface area contributed by atoms with Crippen LogP contribution in [0.15, 0.2) is 85.2 Å². The Kier molecular flexibility index (Phi) is 9.54. The molecule has 3 N–H and O–H groups in total. The van der Waals surface area contributed by atoms with Crippen LogP contribution in [0.4, 0.5) is 16.2 Å². The molecule has 3 amide bonds. The summed E-state index contributed by atoms with van der Waals surface area (Å²) < 4.78 is 6.63. The summed E-state index contributed by atoms with van der Waals surface area (Å²) in [4.78, 5) is 34.6. The molecule has 0 saturated heterocycles. The van der Waals surface area contributed by atoms with Crippen molar-refractivity contribution >= 4 is 34.1 Å². The van der Waals surface area contributed by atoms with Crippen LogP contribution in [-0.4, -0.2) is 70.7 Å². The highest BCUT2D eigenvalue weighted by Crippen LogP contribution is 2.30. The third kappa shape index (κ3) is 7.49. The van der Waals surface area contributed by atoms with Crippen LogP contribution in [0.3, 0.4) is 0 Å². The van der Waals surface area contributed by atoms with Gasteiger partial charge in [-0.3, -0.25) is 14.7 Å². The summed E-state index contributed by atoms with van der Waals surface area (Å²) >= 11 is 0. The number of aliphatic hydroxyl groups excluding tert-OH is 1. The zero-order chi connectivity index (χ0) is 30.3. The van der Waals surface area contributed by atoms with Crippen molar-refractivity contribution in [3.05, 3.63) is 96.3 Å². The molecule has 0 saturated carbocycles. The Hall–Kier alpha value is -4.47. The second kappa shape index (κ2) is 13.7. The zero-order valence-corrected chi connectivity index (χ0v) is 24.9. The summed E-state index contributed by atoms with van der Waals surface area (Å²) in [6.07, 6.45) is 3.43. The number of aliphatic hydroxyl groups is 1. The van der Waals surface area contributed by atoms with Gasteiger partial charge in [-0.2, -0.15) is 0 Å². The molecule has 9 heteroatoms. The summed E-state index contributed by atoms with van der Waals surface area (Å²) in [5, 5.41) is 17.8. The lowest BCUT2D eigenvalue weighted by atomic mass is 10.0. The number of hydrogen-bond donors (Lipinski definition) is 3. The van der Waals surface area contributed by atoms with Gasteiger partial charge >= 0.3 is 6.03 Å². The highest BCUT2D eigenvalue weighted by Gasteiger charge is 2.31. The number of pyridine rings is 1. The van der Waals surface area contributed by atoms with Crippen LogP contribution in [0.1, 0.15) is 25.0 Å². The number of aromatic nitrogens is 1. The van der Waals surface area contributed by atoms with Gasteiger partial charge in [-0.05, 0) is 61.3 Å². The van der Waals surface area contributed by atoms with E-state index in [0.717, 1.165) is 22.9 Å². The molecule has 1 aliphatic heterocycles. The van der Waals surface area contributed by atoms with Crippen molar-refractivity contribution in [1.29, 1.82) is 0 Å². The molecule has 3 aromatic carbocycles. The normalized spacial score (nSPS) is 17.8. The quantitative estimate of drug-likeness (QED) is 0.265. The molecular weight excluding hydrogens is 542 g/mol. The van der Waals surface area contributed by atoms with Gasteiger partial charge in [-0.1, -0.05) is 43.3 Å². The molecule has 0 radical (unpaired) electrons. The predicted octanol–water partition coefficient (Wildman–Crippen LogP) is 5.16. The van der Waals surface area contributed by atoms with Gasteiger partial charge < -0.3 is 25.4 Å². The van der Waals surface area contributed by atoms with E-state index in [1.165, 1.54) is 0 Å². The Balaban J connectivity index is 1.37. The van der Waals surface area contributed by atoms with Gasteiger partial charge in [0, 0.05) is 54.6 Å². The van der Waals surface area contributed by atoms with Gasteiger partial charge in [0.15, 0.2) is 0 Å². The lowest BCUT2D eigenvalue weighted by Crippen LogP contribution is -2.47. The highest BCUT2D eigenvalue weighted by atomic mass is 16.5. The Bertz CT molecular complexity index is 1560. The number of nitrogens with zero attached hydrogens (tertiary/aromatic N) is 3. The van der Waals surface area contributed by atoms with E-state index in [1.54, 1.807) is 29.4 Å². The molecule has 0 fully saturated rings. The van der Waals surface area contributed by atoms with E-state index >= 15 is 0 Å². The molecule has 43 heavy (non-hydrogen) atoms. The van der Waals surface area contributed by atoms with E-state index in [1.807, 2.05) is 74.6 Å². The average Bonchev–Trinajstić information content (AvgIpc) is 3.04. The Morgan fingerprint density at radius 1 is 1.09 bits per heavy atom. The number of likely N-dealkylation sites (N-methyl/N-ethyl adjacent to an activating group) is 1. The number of carbonyl (C=O) groups is 2. The number of urea groups is 1. The minimum atomic E-state index is -0.383. The number of amides is 3. The second-order valence-corrected chi connectivity index (χ2v) is 11.4. The number of ether oxygens (including phenoxy) is 1. The summed E-state index contributed by atoms with van der Waals surface area (Å²) in [6, 6.07) is 22.3. The first-order valence-corrected chi connectivity index (χ1v) is 14.6. The van der Waals surface area contributed by atoms with Gasteiger partial charge in [0.1, 0.15) is 11.9 Å². The van der Waals surface area contributed by atoms with Crippen molar-refractivity contribution in [3.8, 4) is 5.75 Å². The number of fused-ring (bicyclic) bond motifs is 2. The van der Waals surface area contributed by atoms with Gasteiger partial charge in [-0.15, -0.1) is 0 Å². The van der Waals surface area contributed by atoms with Crippen molar-refractivity contribution in [2.75, 3.05) is 37.4 Å². The molecule has 1 aromatic heterocycles. The molecule has 0 unspecified atom stereocenters. The van der Waals surface area contributed by atoms with Crippen LogP contribution in [-0.2, 0) is 17.8 Å². The number of hydrogen-bond acceptors (Lipinski definition) is 6. The first-order chi connectivity index (χ1) is 20.8. The Labute approximate surface area is 252 Å². The van der Waals surface area contributed by atoms with Crippen molar-refractivity contribution in [1.82, 2.24) is 14.8 Å². The van der Waals surface area contributed by atoms with Crippen LogP contribution in [0.2, 0.25) is 0 Å². The van der Waals surface area contributed by atoms with E-state index < -0.39 is 0 Å². The van der Waals surface area contributed by atoms with Gasteiger partial charge in [0.25, 0.3) is 0 Å². The molecule has 0 bridgehead atoms. The smallest absolute Gasteiger partial charge is 0.323 e. The van der Waals surface area contributed by atoms with E-state index in [-0.39, 0.29) is 43.0 Å². The SMILES string of the molecule is C[C@@H]1CN([C@@H](C)CO)C(=O)Cc2cc(NC(=O)Nc3cccc4ccccc34)ccc2O[C@H]1CN(C)Cc1ccncc1. The topological polar surface area (TPSA) is 107 Å². The van der Waals surface area contributed by atoms with Gasteiger partial charge in [-0.25, -0.2) is 4.79 Å². The standard InChI is InChI=1S/C34H39N5O4/c1-23-19-39(24(2)22-40)33(41)18-27-17-28(36-34(42)37-30-10-6-8-26-7-4-5-9-29(26)30)11-12-31(27)43-32(23)21-38(3)20-25-13-15-35-16-14-25/h4-17,23-24,32,40H,18-22H2,1-3H3,(H2,36,37,42)/t23-,24+,32+/m1/s1. The first kappa shape index (κ1) is 30.0. The summed E-state index contributed by atoms with van der Waals surface area (Å²) in [5.74, 6) is 0.510. The monoisotopic (exact) mass is 581 g/mol. The lowest BCUT2D eigenvalue weighted by molar-refractivity contribution is -0.134. The summed E-state index contributed by atoms with van der Waals surface area (Å²) in [6.45, 7) is 5.62. The Morgan fingerprint density at radius 2 is 1.86 bits per heavy atom. The number of benzene rings is 3. The maximum Gasteiger partial charge on any atom is 0.323 e. The van der Waals surface area contributed by atoms with Gasteiger partial charge in [0.2, 0.25) is 5.91 Å². The van der Waals surface area contributed by atoms with Crippen LogP contribution in [0, 0.1) is 5.92 Å². The molecule has 0 aliphatic carbocycles. The molecule has 1 aliphatic rings. The molecule has 3 atom stereocenters. The third-order valence-electron chi connectivity index (χ3n) is 7.91.